The number of anilines is 2. The lowest BCUT2D eigenvalue weighted by Crippen LogP contribution is -2.54. The van der Waals surface area contributed by atoms with Crippen LogP contribution in [0.25, 0.3) is 0 Å². The van der Waals surface area contributed by atoms with Crippen LogP contribution in [0.2, 0.25) is 0 Å². The molecule has 2 atom stereocenters. The molecular weight excluding hydrogens is 510 g/mol. The van der Waals surface area contributed by atoms with Crippen molar-refractivity contribution in [3.63, 3.8) is 0 Å². The van der Waals surface area contributed by atoms with E-state index in [0.29, 0.717) is 18.0 Å². The highest BCUT2D eigenvalue weighted by Crippen LogP contribution is 2.40. The third-order valence-electron chi connectivity index (χ3n) is 6.39. The Hall–Kier alpha value is -4.32. The second-order valence-corrected chi connectivity index (χ2v) is 10.3. The Morgan fingerprint density at radius 2 is 1.89 bits per heavy atom. The number of carbonyl (C=O) groups excluding carboxylic acids is 5. The molecule has 5 rings (SSSR count). The Kier molecular flexibility index (Phi) is 6.81. The predicted octanol–water partition coefficient (Wildman–Crippen LogP) is 1.80. The number of imide groups is 2. The zero-order valence-electron chi connectivity index (χ0n) is 20.4. The van der Waals surface area contributed by atoms with Gasteiger partial charge in [0.15, 0.2) is 5.37 Å². The standard InChI is InChI=1S/C26H25N5O6S/c1-14-13-30(26(38-14)22(27)33)18-4-2-3-5-20(18)37-11-10-28-15-6-7-16-17(12-15)25(36)31(24(16)35)19-8-9-21(32)29-23(19)34/h2-7,12-13,19,26,28H,8-11H2,1H3,(H2,27,33)(H,29,32,34). The van der Waals surface area contributed by atoms with E-state index in [1.807, 2.05) is 37.4 Å². The van der Waals surface area contributed by atoms with Crippen LogP contribution < -0.4 is 26.0 Å². The van der Waals surface area contributed by atoms with Crippen molar-refractivity contribution in [3.05, 3.63) is 64.7 Å². The van der Waals surface area contributed by atoms with E-state index in [0.717, 1.165) is 15.5 Å². The Labute approximate surface area is 222 Å². The van der Waals surface area contributed by atoms with Crippen molar-refractivity contribution >= 4 is 52.7 Å². The first-order chi connectivity index (χ1) is 18.2. The largest absolute Gasteiger partial charge is 0.490 e. The normalized spacial score (nSPS) is 20.8. The van der Waals surface area contributed by atoms with Crippen LogP contribution in [0, 0.1) is 0 Å². The van der Waals surface area contributed by atoms with E-state index < -0.39 is 41.0 Å². The summed E-state index contributed by atoms with van der Waals surface area (Å²) in [6.45, 7) is 2.57. The van der Waals surface area contributed by atoms with Crippen LogP contribution in [0.3, 0.4) is 0 Å². The third-order valence-corrected chi connectivity index (χ3v) is 7.55. The number of nitrogens with two attached hydrogens (primary N) is 1. The number of nitrogens with one attached hydrogen (secondary N) is 2. The van der Waals surface area contributed by atoms with E-state index in [2.05, 4.69) is 10.6 Å². The Morgan fingerprint density at radius 3 is 2.66 bits per heavy atom. The fraction of sp³-hybridized carbons (Fsp3) is 0.269. The summed E-state index contributed by atoms with van der Waals surface area (Å²) in [7, 11) is 0. The van der Waals surface area contributed by atoms with Crippen LogP contribution in [-0.2, 0) is 14.4 Å². The molecule has 0 bridgehead atoms. The van der Waals surface area contributed by atoms with Crippen LogP contribution in [0.1, 0.15) is 40.5 Å². The molecule has 4 N–H and O–H groups in total. The van der Waals surface area contributed by atoms with Crippen molar-refractivity contribution < 1.29 is 28.7 Å². The lowest BCUT2D eigenvalue weighted by atomic mass is 10.0. The van der Waals surface area contributed by atoms with E-state index in [1.54, 1.807) is 23.1 Å². The van der Waals surface area contributed by atoms with E-state index >= 15 is 0 Å². The van der Waals surface area contributed by atoms with E-state index in [-0.39, 0.29) is 30.6 Å². The summed E-state index contributed by atoms with van der Waals surface area (Å²) in [5.74, 6) is -2.04. The van der Waals surface area contributed by atoms with Crippen molar-refractivity contribution in [2.75, 3.05) is 23.4 Å². The highest BCUT2D eigenvalue weighted by atomic mass is 32.2. The molecule has 3 aliphatic heterocycles. The topological polar surface area (TPSA) is 151 Å². The molecule has 2 aromatic rings. The first-order valence-electron chi connectivity index (χ1n) is 12.0. The lowest BCUT2D eigenvalue weighted by Gasteiger charge is -2.27. The van der Waals surface area contributed by atoms with Crippen molar-refractivity contribution in [1.29, 1.82) is 0 Å². The number of fused-ring (bicyclic) bond motifs is 1. The van der Waals surface area contributed by atoms with Gasteiger partial charge in [0, 0.05) is 29.8 Å². The van der Waals surface area contributed by atoms with Gasteiger partial charge in [0.25, 0.3) is 17.7 Å². The van der Waals surface area contributed by atoms with Gasteiger partial charge in [-0.2, -0.15) is 0 Å². The number of hydrogen-bond donors (Lipinski definition) is 3. The van der Waals surface area contributed by atoms with Gasteiger partial charge in [0.05, 0.1) is 16.8 Å². The molecule has 196 valence electrons. The number of carbonyl (C=O) groups is 5. The van der Waals surface area contributed by atoms with Gasteiger partial charge in [-0.05, 0) is 43.7 Å². The molecule has 0 aromatic heterocycles. The van der Waals surface area contributed by atoms with Gasteiger partial charge < -0.3 is 20.7 Å². The number of rotatable bonds is 8. The van der Waals surface area contributed by atoms with Crippen LogP contribution in [0.15, 0.2) is 53.6 Å². The van der Waals surface area contributed by atoms with Crippen LogP contribution in [0.5, 0.6) is 5.75 Å². The second kappa shape index (κ2) is 10.2. The van der Waals surface area contributed by atoms with Gasteiger partial charge in [-0.15, -0.1) is 0 Å². The molecule has 0 radical (unpaired) electrons. The molecule has 3 aliphatic rings. The minimum absolute atomic E-state index is 0.0649. The number of thioether (sulfide) groups is 1. The minimum Gasteiger partial charge on any atom is -0.490 e. The molecule has 2 unspecified atom stereocenters. The Morgan fingerprint density at radius 1 is 1.13 bits per heavy atom. The molecule has 38 heavy (non-hydrogen) atoms. The SMILES string of the molecule is CC1=CN(c2ccccc2OCCNc2ccc3c(c2)C(=O)N(C2CCC(=O)NC2=O)C3=O)C(C(N)=O)S1. The summed E-state index contributed by atoms with van der Waals surface area (Å²) in [5.41, 5.74) is 7.31. The maximum absolute atomic E-state index is 13.0. The van der Waals surface area contributed by atoms with Gasteiger partial charge in [0.2, 0.25) is 11.8 Å². The number of para-hydroxylation sites is 2. The summed E-state index contributed by atoms with van der Waals surface area (Å²) in [5, 5.41) is 4.81. The first kappa shape index (κ1) is 25.3. The number of nitrogens with zero attached hydrogens (tertiary/aromatic N) is 2. The molecule has 5 amide bonds. The number of allylic oxidation sites excluding steroid dienone is 1. The molecule has 11 nitrogen and oxygen atoms in total. The number of ether oxygens (including phenoxy) is 1. The number of primary amides is 1. The fourth-order valence-electron chi connectivity index (χ4n) is 4.65. The van der Waals surface area contributed by atoms with Gasteiger partial charge >= 0.3 is 0 Å². The zero-order chi connectivity index (χ0) is 27.0. The van der Waals surface area contributed by atoms with Crippen LogP contribution in [0.4, 0.5) is 11.4 Å². The van der Waals surface area contributed by atoms with Crippen LogP contribution in [-0.4, -0.2) is 59.0 Å². The Bertz CT molecular complexity index is 1390. The van der Waals surface area contributed by atoms with Gasteiger partial charge in [-0.3, -0.25) is 34.2 Å². The quantitative estimate of drug-likeness (QED) is 0.339. The highest BCUT2D eigenvalue weighted by molar-refractivity contribution is 8.04. The monoisotopic (exact) mass is 535 g/mol. The molecular formula is C26H25N5O6S. The molecule has 0 spiro atoms. The third kappa shape index (κ3) is 4.70. The summed E-state index contributed by atoms with van der Waals surface area (Å²) in [6, 6.07) is 11.1. The first-order valence-corrected chi connectivity index (χ1v) is 12.9. The summed E-state index contributed by atoms with van der Waals surface area (Å²) < 4.78 is 5.99. The number of benzene rings is 2. The lowest BCUT2D eigenvalue weighted by molar-refractivity contribution is -0.136. The van der Waals surface area contributed by atoms with Gasteiger partial charge in [-0.25, -0.2) is 0 Å². The van der Waals surface area contributed by atoms with E-state index in [1.165, 1.54) is 11.8 Å². The van der Waals surface area contributed by atoms with Crippen molar-refractivity contribution in [1.82, 2.24) is 10.2 Å². The van der Waals surface area contributed by atoms with Gasteiger partial charge in [0.1, 0.15) is 18.4 Å². The summed E-state index contributed by atoms with van der Waals surface area (Å²) >= 11 is 1.38. The fourth-order valence-corrected chi connectivity index (χ4v) is 5.58. The maximum Gasteiger partial charge on any atom is 0.262 e. The molecule has 0 aliphatic carbocycles. The zero-order valence-corrected chi connectivity index (χ0v) is 21.2. The molecule has 12 heteroatoms. The van der Waals surface area contributed by atoms with Crippen molar-refractivity contribution in [3.8, 4) is 5.75 Å². The van der Waals surface area contributed by atoms with Crippen molar-refractivity contribution in [2.45, 2.75) is 31.2 Å². The average molecular weight is 536 g/mol. The number of hydrogen-bond acceptors (Lipinski definition) is 9. The molecule has 1 fully saturated rings. The van der Waals surface area contributed by atoms with E-state index in [9.17, 15) is 24.0 Å². The van der Waals surface area contributed by atoms with Gasteiger partial charge in [-0.1, -0.05) is 23.9 Å². The molecule has 1 saturated heterocycles. The number of amides is 5. The smallest absolute Gasteiger partial charge is 0.262 e. The molecule has 2 aromatic carbocycles. The van der Waals surface area contributed by atoms with E-state index in [4.69, 9.17) is 10.5 Å². The minimum atomic E-state index is -1.01. The number of piperidine rings is 1. The molecule has 3 heterocycles. The summed E-state index contributed by atoms with van der Waals surface area (Å²) in [4.78, 5) is 65.1. The average Bonchev–Trinajstić information content (AvgIpc) is 3.40. The maximum atomic E-state index is 13.0. The second-order valence-electron chi connectivity index (χ2n) is 8.97. The highest BCUT2D eigenvalue weighted by Gasteiger charge is 2.44. The Balaban J connectivity index is 1.22. The van der Waals surface area contributed by atoms with Crippen molar-refractivity contribution in [2.24, 2.45) is 5.73 Å². The predicted molar refractivity (Wildman–Crippen MR) is 140 cm³/mol. The van der Waals surface area contributed by atoms with Crippen LogP contribution >= 0.6 is 11.8 Å². The molecule has 0 saturated carbocycles. The summed E-state index contributed by atoms with van der Waals surface area (Å²) in [6.07, 6.45) is 2.03.